The number of hydrogen-bond acceptors (Lipinski definition) is 7. The van der Waals surface area contributed by atoms with Gasteiger partial charge in [0.1, 0.15) is 23.5 Å². The zero-order valence-corrected chi connectivity index (χ0v) is 19.8. The van der Waals surface area contributed by atoms with Crippen LogP contribution >= 0.6 is 11.3 Å². The van der Waals surface area contributed by atoms with E-state index in [1.165, 1.54) is 20.4 Å². The molecule has 0 saturated heterocycles. The lowest BCUT2D eigenvalue weighted by molar-refractivity contribution is -0.119. The number of nitrogens with one attached hydrogen (secondary N) is 1. The van der Waals surface area contributed by atoms with Gasteiger partial charge in [0.15, 0.2) is 4.83 Å². The minimum Gasteiger partial charge on any atom is -0.308 e. The second-order valence-corrected chi connectivity index (χ2v) is 10.5. The van der Waals surface area contributed by atoms with Crippen LogP contribution in [0.1, 0.15) is 62.6 Å². The summed E-state index contributed by atoms with van der Waals surface area (Å²) in [5.74, 6) is 0.417. The quantitative estimate of drug-likeness (QED) is 0.648. The predicted octanol–water partition coefficient (Wildman–Crippen LogP) is 3.20. The molecule has 3 aromatic heterocycles. The monoisotopic (exact) mass is 453 g/mol. The van der Waals surface area contributed by atoms with Gasteiger partial charge in [0.25, 0.3) is 11.5 Å². The Hall–Kier alpha value is -3.06. The van der Waals surface area contributed by atoms with Crippen LogP contribution in [0.3, 0.4) is 0 Å². The van der Waals surface area contributed by atoms with Crippen LogP contribution in [0.4, 0.5) is 5.82 Å². The number of nitriles is 1. The van der Waals surface area contributed by atoms with E-state index in [0.29, 0.717) is 28.4 Å². The Balaban J connectivity index is 1.70. The van der Waals surface area contributed by atoms with E-state index < -0.39 is 11.9 Å². The fourth-order valence-corrected chi connectivity index (χ4v) is 5.62. The lowest BCUT2D eigenvalue weighted by atomic mass is 9.72. The standard InChI is InChI=1S/C22H27N7O2S/c1-6-15(19(30)25-18-12(10-23)11-24-28(18)5)29-21(31)17-14-8-7-13(22(2,3)4)9-16(14)32-20(17)26-27-29/h11,13,15H,6-9H2,1-5H3,(H,25,30). The van der Waals surface area contributed by atoms with E-state index in [4.69, 9.17) is 0 Å². The minimum absolute atomic E-state index is 0.208. The number of nitrogens with zero attached hydrogens (tertiary/aromatic N) is 6. The van der Waals surface area contributed by atoms with Gasteiger partial charge in [0, 0.05) is 11.9 Å². The molecule has 1 aliphatic rings. The SMILES string of the molecule is CCC(C(=O)Nc1c(C#N)cnn1C)n1nnc2sc3c(c2c1=O)CCC(C(C)(C)C)C3. The van der Waals surface area contributed by atoms with Gasteiger partial charge >= 0.3 is 0 Å². The summed E-state index contributed by atoms with van der Waals surface area (Å²) < 4.78 is 2.60. The van der Waals surface area contributed by atoms with Crippen LogP contribution in [0.2, 0.25) is 0 Å². The number of anilines is 1. The number of thiophene rings is 1. The van der Waals surface area contributed by atoms with Crippen molar-refractivity contribution in [2.75, 3.05) is 5.32 Å². The minimum atomic E-state index is -0.845. The number of amides is 1. The van der Waals surface area contributed by atoms with Gasteiger partial charge in [0.05, 0.1) is 11.6 Å². The van der Waals surface area contributed by atoms with Crippen LogP contribution in [-0.2, 0) is 24.7 Å². The first-order chi connectivity index (χ1) is 15.2. The third kappa shape index (κ3) is 3.71. The van der Waals surface area contributed by atoms with Gasteiger partial charge in [-0.3, -0.25) is 14.3 Å². The fourth-order valence-electron chi connectivity index (χ4n) is 4.39. The van der Waals surface area contributed by atoms with Crippen LogP contribution in [0, 0.1) is 22.7 Å². The number of carbonyl (C=O) groups excluding carboxylic acids is 1. The van der Waals surface area contributed by atoms with Crippen molar-refractivity contribution in [1.82, 2.24) is 24.8 Å². The summed E-state index contributed by atoms with van der Waals surface area (Å²) >= 11 is 1.55. The van der Waals surface area contributed by atoms with Gasteiger partial charge in [-0.05, 0) is 42.6 Å². The van der Waals surface area contributed by atoms with Gasteiger partial charge < -0.3 is 5.32 Å². The summed E-state index contributed by atoms with van der Waals surface area (Å²) in [5, 5.41) is 25.0. The van der Waals surface area contributed by atoms with E-state index in [9.17, 15) is 14.9 Å². The Morgan fingerprint density at radius 1 is 1.44 bits per heavy atom. The van der Waals surface area contributed by atoms with Gasteiger partial charge in [-0.15, -0.1) is 16.4 Å². The van der Waals surface area contributed by atoms with Crippen molar-refractivity contribution in [3.63, 3.8) is 0 Å². The van der Waals surface area contributed by atoms with Crippen LogP contribution < -0.4 is 10.9 Å². The van der Waals surface area contributed by atoms with Gasteiger partial charge in [0.2, 0.25) is 0 Å². The van der Waals surface area contributed by atoms with Crippen molar-refractivity contribution in [2.24, 2.45) is 18.4 Å². The highest BCUT2D eigenvalue weighted by molar-refractivity contribution is 7.18. The van der Waals surface area contributed by atoms with Crippen molar-refractivity contribution in [3.05, 3.63) is 32.6 Å². The van der Waals surface area contributed by atoms with Crippen LogP contribution in [-0.4, -0.2) is 30.7 Å². The molecule has 0 fully saturated rings. The van der Waals surface area contributed by atoms with Gasteiger partial charge in [-0.25, -0.2) is 0 Å². The highest BCUT2D eigenvalue weighted by atomic mass is 32.1. The molecule has 9 nitrogen and oxygen atoms in total. The van der Waals surface area contributed by atoms with Crippen LogP contribution in [0.15, 0.2) is 11.0 Å². The molecule has 4 rings (SSSR count). The molecule has 1 aliphatic carbocycles. The molecule has 0 saturated carbocycles. The van der Waals surface area contributed by atoms with Crippen molar-refractivity contribution in [3.8, 4) is 6.07 Å². The maximum atomic E-state index is 13.5. The van der Waals surface area contributed by atoms with Crippen molar-refractivity contribution >= 4 is 33.3 Å². The van der Waals surface area contributed by atoms with E-state index in [1.54, 1.807) is 18.4 Å². The molecule has 3 aromatic rings. The number of rotatable bonds is 4. The van der Waals surface area contributed by atoms with E-state index in [0.717, 1.165) is 24.8 Å². The molecule has 32 heavy (non-hydrogen) atoms. The average molecular weight is 454 g/mol. The molecule has 1 N–H and O–H groups in total. The lowest BCUT2D eigenvalue weighted by Crippen LogP contribution is -2.36. The van der Waals surface area contributed by atoms with E-state index in [2.05, 4.69) is 41.5 Å². The predicted molar refractivity (Wildman–Crippen MR) is 123 cm³/mol. The molecular weight excluding hydrogens is 426 g/mol. The number of aromatic nitrogens is 5. The molecular formula is C22H27N7O2S. The number of fused-ring (bicyclic) bond motifs is 3. The second-order valence-electron chi connectivity index (χ2n) is 9.38. The highest BCUT2D eigenvalue weighted by Gasteiger charge is 2.33. The summed E-state index contributed by atoms with van der Waals surface area (Å²) in [7, 11) is 1.64. The zero-order chi connectivity index (χ0) is 23.2. The zero-order valence-electron chi connectivity index (χ0n) is 19.0. The summed E-state index contributed by atoms with van der Waals surface area (Å²) in [6, 6.07) is 1.16. The van der Waals surface area contributed by atoms with Gasteiger partial charge in [-0.2, -0.15) is 15.0 Å². The summed E-state index contributed by atoms with van der Waals surface area (Å²) in [5.41, 5.74) is 1.24. The number of aryl methyl sites for hydroxylation is 2. The fraction of sp³-hybridized carbons (Fsp3) is 0.545. The molecule has 2 atom stereocenters. The molecule has 10 heteroatoms. The summed E-state index contributed by atoms with van der Waals surface area (Å²) in [6.45, 7) is 8.58. The molecule has 0 aliphatic heterocycles. The highest BCUT2D eigenvalue weighted by Crippen LogP contribution is 2.41. The third-order valence-electron chi connectivity index (χ3n) is 6.41. The number of carbonyl (C=O) groups is 1. The number of hydrogen-bond donors (Lipinski definition) is 1. The molecule has 0 aromatic carbocycles. The molecule has 0 spiro atoms. The Bertz CT molecular complexity index is 1290. The van der Waals surface area contributed by atoms with E-state index >= 15 is 0 Å². The van der Waals surface area contributed by atoms with Crippen LogP contribution in [0.25, 0.3) is 10.2 Å². The molecule has 1 amide bonds. The van der Waals surface area contributed by atoms with Crippen molar-refractivity contribution < 1.29 is 4.79 Å². The smallest absolute Gasteiger partial charge is 0.279 e. The van der Waals surface area contributed by atoms with Crippen LogP contribution in [0.5, 0.6) is 0 Å². The third-order valence-corrected chi connectivity index (χ3v) is 7.55. The summed E-state index contributed by atoms with van der Waals surface area (Å²) in [4.78, 5) is 28.3. The maximum Gasteiger partial charge on any atom is 0.279 e. The van der Waals surface area contributed by atoms with Crippen molar-refractivity contribution in [1.29, 1.82) is 5.26 Å². The topological polar surface area (TPSA) is 118 Å². The Labute approximate surface area is 190 Å². The first-order valence-electron chi connectivity index (χ1n) is 10.8. The first-order valence-corrected chi connectivity index (χ1v) is 11.6. The van der Waals surface area contributed by atoms with E-state index in [-0.39, 0.29) is 16.5 Å². The Kier molecular flexibility index (Phi) is 5.63. The molecule has 0 bridgehead atoms. The Morgan fingerprint density at radius 2 is 2.19 bits per heavy atom. The largest absolute Gasteiger partial charge is 0.308 e. The lowest BCUT2D eigenvalue weighted by Gasteiger charge is -2.33. The first kappa shape index (κ1) is 22.1. The molecule has 0 radical (unpaired) electrons. The molecule has 3 heterocycles. The molecule has 168 valence electrons. The van der Waals surface area contributed by atoms with Crippen molar-refractivity contribution in [2.45, 2.75) is 59.4 Å². The second kappa shape index (κ2) is 8.13. The molecule has 2 unspecified atom stereocenters. The maximum absolute atomic E-state index is 13.5. The summed E-state index contributed by atoms with van der Waals surface area (Å²) in [6.07, 6.45) is 4.54. The van der Waals surface area contributed by atoms with Gasteiger partial charge in [-0.1, -0.05) is 32.9 Å². The van der Waals surface area contributed by atoms with E-state index in [1.807, 2.05) is 13.0 Å². The Morgan fingerprint density at radius 3 is 2.84 bits per heavy atom. The normalized spacial score (nSPS) is 17.1. The average Bonchev–Trinajstić information content (AvgIpc) is 3.29.